The summed E-state index contributed by atoms with van der Waals surface area (Å²) in [6.07, 6.45) is 2.60. The zero-order chi connectivity index (χ0) is 18.1. The molecule has 0 aliphatic heterocycles. The van der Waals surface area contributed by atoms with Crippen LogP contribution in [-0.4, -0.2) is 26.2 Å². The summed E-state index contributed by atoms with van der Waals surface area (Å²) in [6, 6.07) is 9.02. The minimum atomic E-state index is -0.969. The first kappa shape index (κ1) is 16.9. The van der Waals surface area contributed by atoms with Crippen molar-refractivity contribution in [3.63, 3.8) is 0 Å². The molecule has 128 valence electrons. The van der Waals surface area contributed by atoms with Gasteiger partial charge in [-0.15, -0.1) is 0 Å². The Hall–Kier alpha value is -2.92. The lowest BCUT2D eigenvalue weighted by Gasteiger charge is -2.20. The Labute approximate surface area is 146 Å². The minimum Gasteiger partial charge on any atom is -0.478 e. The molecule has 5 heteroatoms. The van der Waals surface area contributed by atoms with Crippen molar-refractivity contribution >= 4 is 5.97 Å². The molecular formula is C20H20N2O3. The second-order valence-electron chi connectivity index (χ2n) is 6.24. The molecular weight excluding hydrogens is 316 g/mol. The average Bonchev–Trinajstić information content (AvgIpc) is 3.08. The third-order valence-electron chi connectivity index (χ3n) is 4.46. The van der Waals surface area contributed by atoms with Gasteiger partial charge in [-0.1, -0.05) is 12.1 Å². The van der Waals surface area contributed by atoms with Crippen molar-refractivity contribution in [2.75, 3.05) is 0 Å². The number of aromatic nitrogens is 2. The van der Waals surface area contributed by atoms with Gasteiger partial charge in [0.15, 0.2) is 0 Å². The summed E-state index contributed by atoms with van der Waals surface area (Å²) in [5.74, 6) is -0.230. The van der Waals surface area contributed by atoms with Gasteiger partial charge in [-0.05, 0) is 66.8 Å². The van der Waals surface area contributed by atoms with Crippen LogP contribution in [0.2, 0.25) is 0 Å². The Kier molecular flexibility index (Phi) is 4.42. The van der Waals surface area contributed by atoms with Crippen molar-refractivity contribution in [2.24, 2.45) is 0 Å². The van der Waals surface area contributed by atoms with E-state index in [1.165, 1.54) is 0 Å². The predicted octanol–water partition coefficient (Wildman–Crippen LogP) is 3.78. The molecule has 0 amide bonds. The molecule has 25 heavy (non-hydrogen) atoms. The molecule has 3 rings (SSSR count). The number of aliphatic hydroxyl groups excluding tert-OH is 1. The van der Waals surface area contributed by atoms with Crippen LogP contribution < -0.4 is 0 Å². The highest BCUT2D eigenvalue weighted by Gasteiger charge is 2.20. The van der Waals surface area contributed by atoms with E-state index >= 15 is 0 Å². The lowest BCUT2D eigenvalue weighted by Crippen LogP contribution is -2.09. The standard InChI is InChI=1S/C20H20N2O3/c1-11-4-5-14(19-21-6-7-22-19)10-16(11)18(23)17-12(2)8-15(20(24)25)9-13(17)3/h4-10,18,23H,1-3H3,(H,21,22)(H,24,25). The molecule has 5 nitrogen and oxygen atoms in total. The number of carboxylic acids is 1. The zero-order valence-corrected chi connectivity index (χ0v) is 14.4. The maximum atomic E-state index is 11.2. The third kappa shape index (κ3) is 3.19. The molecule has 1 atom stereocenters. The van der Waals surface area contributed by atoms with Gasteiger partial charge in [0.25, 0.3) is 0 Å². The molecule has 3 aromatic rings. The van der Waals surface area contributed by atoms with Crippen LogP contribution in [0.4, 0.5) is 0 Å². The number of aromatic carboxylic acids is 1. The summed E-state index contributed by atoms with van der Waals surface area (Å²) in [5, 5.41) is 20.2. The van der Waals surface area contributed by atoms with Gasteiger partial charge in [0.1, 0.15) is 11.9 Å². The lowest BCUT2D eigenvalue weighted by atomic mass is 9.89. The van der Waals surface area contributed by atoms with Gasteiger partial charge in [0.2, 0.25) is 0 Å². The molecule has 1 unspecified atom stereocenters. The number of hydrogen-bond acceptors (Lipinski definition) is 3. The predicted molar refractivity (Wildman–Crippen MR) is 95.7 cm³/mol. The summed E-state index contributed by atoms with van der Waals surface area (Å²) in [6.45, 7) is 5.59. The Morgan fingerprint density at radius 3 is 2.32 bits per heavy atom. The van der Waals surface area contributed by atoms with E-state index in [2.05, 4.69) is 9.97 Å². The number of aryl methyl sites for hydroxylation is 3. The van der Waals surface area contributed by atoms with E-state index in [-0.39, 0.29) is 5.56 Å². The van der Waals surface area contributed by atoms with E-state index < -0.39 is 12.1 Å². The van der Waals surface area contributed by atoms with E-state index in [0.717, 1.165) is 39.2 Å². The first-order valence-electron chi connectivity index (χ1n) is 8.01. The normalized spacial score (nSPS) is 12.2. The number of carboxylic acid groups (broad SMARTS) is 1. The number of nitrogens with one attached hydrogen (secondary N) is 1. The van der Waals surface area contributed by atoms with E-state index in [1.807, 2.05) is 39.0 Å². The van der Waals surface area contributed by atoms with Crippen LogP contribution in [0.15, 0.2) is 42.7 Å². The summed E-state index contributed by atoms with van der Waals surface area (Å²) in [5.41, 5.74) is 5.12. The van der Waals surface area contributed by atoms with Crippen LogP contribution in [0.25, 0.3) is 11.4 Å². The number of hydrogen-bond donors (Lipinski definition) is 3. The SMILES string of the molecule is Cc1ccc(-c2ncc[nH]2)cc1C(O)c1c(C)cc(C(=O)O)cc1C. The highest BCUT2D eigenvalue weighted by atomic mass is 16.4. The van der Waals surface area contributed by atoms with Gasteiger partial charge in [-0.3, -0.25) is 0 Å². The molecule has 1 aromatic heterocycles. The van der Waals surface area contributed by atoms with Crippen molar-refractivity contribution < 1.29 is 15.0 Å². The van der Waals surface area contributed by atoms with Crippen molar-refractivity contribution in [1.29, 1.82) is 0 Å². The first-order valence-corrected chi connectivity index (χ1v) is 8.01. The van der Waals surface area contributed by atoms with Gasteiger partial charge in [0.05, 0.1) is 5.56 Å². The number of imidazole rings is 1. The molecule has 0 fully saturated rings. The number of H-pyrrole nitrogens is 1. The quantitative estimate of drug-likeness (QED) is 0.677. The Balaban J connectivity index is 2.08. The minimum absolute atomic E-state index is 0.229. The van der Waals surface area contributed by atoms with Crippen molar-refractivity contribution in [1.82, 2.24) is 9.97 Å². The number of aliphatic hydroxyl groups is 1. The van der Waals surface area contributed by atoms with Gasteiger partial charge in [-0.2, -0.15) is 0 Å². The van der Waals surface area contributed by atoms with Crippen LogP contribution in [0.1, 0.15) is 44.3 Å². The van der Waals surface area contributed by atoms with Crippen LogP contribution >= 0.6 is 0 Å². The molecule has 0 aliphatic rings. The number of rotatable bonds is 4. The Morgan fingerprint density at radius 2 is 1.76 bits per heavy atom. The highest BCUT2D eigenvalue weighted by Crippen LogP contribution is 2.32. The number of nitrogens with zero attached hydrogens (tertiary/aromatic N) is 1. The van der Waals surface area contributed by atoms with E-state index in [0.29, 0.717) is 0 Å². The average molecular weight is 336 g/mol. The molecule has 0 saturated carbocycles. The fourth-order valence-corrected chi connectivity index (χ4v) is 3.19. The van der Waals surface area contributed by atoms with Crippen LogP contribution in [-0.2, 0) is 0 Å². The summed E-state index contributed by atoms with van der Waals surface area (Å²) < 4.78 is 0. The zero-order valence-electron chi connectivity index (χ0n) is 14.4. The lowest BCUT2D eigenvalue weighted by molar-refractivity contribution is 0.0696. The molecule has 0 radical (unpaired) electrons. The van der Waals surface area contributed by atoms with Gasteiger partial charge < -0.3 is 15.2 Å². The molecule has 0 spiro atoms. The van der Waals surface area contributed by atoms with Crippen molar-refractivity contribution in [3.8, 4) is 11.4 Å². The summed E-state index contributed by atoms with van der Waals surface area (Å²) >= 11 is 0. The summed E-state index contributed by atoms with van der Waals surface area (Å²) in [4.78, 5) is 18.5. The van der Waals surface area contributed by atoms with E-state index in [9.17, 15) is 15.0 Å². The van der Waals surface area contributed by atoms with Gasteiger partial charge >= 0.3 is 5.97 Å². The summed E-state index contributed by atoms with van der Waals surface area (Å²) in [7, 11) is 0. The largest absolute Gasteiger partial charge is 0.478 e. The molecule has 2 aromatic carbocycles. The van der Waals surface area contributed by atoms with Crippen molar-refractivity contribution in [2.45, 2.75) is 26.9 Å². The topological polar surface area (TPSA) is 86.2 Å². The fraction of sp³-hybridized carbons (Fsp3) is 0.200. The maximum absolute atomic E-state index is 11.2. The van der Waals surface area contributed by atoms with Crippen LogP contribution in [0.5, 0.6) is 0 Å². The second kappa shape index (κ2) is 6.53. The molecule has 0 saturated heterocycles. The highest BCUT2D eigenvalue weighted by molar-refractivity contribution is 5.88. The maximum Gasteiger partial charge on any atom is 0.335 e. The molecule has 0 aliphatic carbocycles. The fourth-order valence-electron chi connectivity index (χ4n) is 3.19. The molecule has 1 heterocycles. The number of aromatic amines is 1. The van der Waals surface area contributed by atoms with Crippen LogP contribution in [0.3, 0.4) is 0 Å². The number of benzene rings is 2. The smallest absolute Gasteiger partial charge is 0.335 e. The Morgan fingerprint density at radius 1 is 1.08 bits per heavy atom. The third-order valence-corrected chi connectivity index (χ3v) is 4.46. The Bertz CT molecular complexity index is 907. The second-order valence-corrected chi connectivity index (χ2v) is 6.24. The van der Waals surface area contributed by atoms with Crippen LogP contribution in [0, 0.1) is 20.8 Å². The van der Waals surface area contributed by atoms with Crippen molar-refractivity contribution in [3.05, 3.63) is 76.1 Å². The van der Waals surface area contributed by atoms with E-state index in [4.69, 9.17) is 0 Å². The molecule has 3 N–H and O–H groups in total. The van der Waals surface area contributed by atoms with E-state index in [1.54, 1.807) is 24.5 Å². The van der Waals surface area contributed by atoms with Gasteiger partial charge in [-0.25, -0.2) is 9.78 Å². The number of carbonyl (C=O) groups is 1. The molecule has 0 bridgehead atoms. The monoisotopic (exact) mass is 336 g/mol. The first-order chi connectivity index (χ1) is 11.9. The van der Waals surface area contributed by atoms with Gasteiger partial charge in [0, 0.05) is 18.0 Å².